The minimum Gasteiger partial charge on any atom is -0.354 e. The second-order valence-electron chi connectivity index (χ2n) is 5.00. The maximum Gasteiger partial charge on any atom is 0.255 e. The van der Waals surface area contributed by atoms with Crippen molar-refractivity contribution >= 4 is 11.8 Å². The average molecular weight is 300 g/mol. The Labute approximate surface area is 129 Å². The lowest BCUT2D eigenvalue weighted by atomic mass is 10.2. The molecular formula is C16H20N4O2. The fourth-order valence-corrected chi connectivity index (χ4v) is 1.91. The second kappa shape index (κ2) is 7.40. The van der Waals surface area contributed by atoms with E-state index < -0.39 is 6.04 Å². The molecule has 2 N–H and O–H groups in total. The van der Waals surface area contributed by atoms with Crippen molar-refractivity contribution in [1.29, 1.82) is 0 Å². The zero-order chi connectivity index (χ0) is 15.9. The minimum absolute atomic E-state index is 0.189. The van der Waals surface area contributed by atoms with E-state index in [1.165, 1.54) is 6.20 Å². The molecule has 0 aliphatic rings. The van der Waals surface area contributed by atoms with Crippen LogP contribution in [0.25, 0.3) is 5.69 Å². The minimum atomic E-state index is -0.584. The molecule has 0 bridgehead atoms. The van der Waals surface area contributed by atoms with Gasteiger partial charge in [-0.3, -0.25) is 9.59 Å². The second-order valence-corrected chi connectivity index (χ2v) is 5.00. The topological polar surface area (TPSA) is 76.0 Å². The molecule has 0 aliphatic heterocycles. The van der Waals surface area contributed by atoms with Gasteiger partial charge in [-0.05, 0) is 25.5 Å². The van der Waals surface area contributed by atoms with Crippen LogP contribution < -0.4 is 10.6 Å². The van der Waals surface area contributed by atoms with Gasteiger partial charge in [0.2, 0.25) is 5.91 Å². The van der Waals surface area contributed by atoms with Crippen LogP contribution in [0.3, 0.4) is 0 Å². The van der Waals surface area contributed by atoms with E-state index >= 15 is 0 Å². The molecule has 1 atom stereocenters. The Morgan fingerprint density at radius 2 is 2.00 bits per heavy atom. The van der Waals surface area contributed by atoms with Crippen molar-refractivity contribution in [3.63, 3.8) is 0 Å². The Morgan fingerprint density at radius 1 is 1.27 bits per heavy atom. The van der Waals surface area contributed by atoms with Gasteiger partial charge in [0.1, 0.15) is 6.04 Å². The molecule has 0 fully saturated rings. The maximum absolute atomic E-state index is 12.1. The monoisotopic (exact) mass is 300 g/mol. The van der Waals surface area contributed by atoms with E-state index in [2.05, 4.69) is 15.7 Å². The highest BCUT2D eigenvalue weighted by Gasteiger charge is 2.17. The fourth-order valence-electron chi connectivity index (χ4n) is 1.91. The Hall–Kier alpha value is -2.63. The maximum atomic E-state index is 12.1. The van der Waals surface area contributed by atoms with E-state index in [-0.39, 0.29) is 11.8 Å². The molecule has 1 aromatic heterocycles. The SMILES string of the molecule is CCCNC(=O)C(C)NC(=O)c1cnn(-c2ccccc2)c1. The quantitative estimate of drug-likeness (QED) is 0.849. The van der Waals surface area contributed by atoms with Crippen LogP contribution >= 0.6 is 0 Å². The lowest BCUT2D eigenvalue weighted by molar-refractivity contribution is -0.122. The molecule has 2 rings (SSSR count). The number of nitrogens with one attached hydrogen (secondary N) is 2. The first-order valence-electron chi connectivity index (χ1n) is 7.30. The number of carbonyl (C=O) groups is 2. The van der Waals surface area contributed by atoms with Gasteiger partial charge in [0.25, 0.3) is 5.91 Å². The molecule has 6 nitrogen and oxygen atoms in total. The largest absolute Gasteiger partial charge is 0.354 e. The van der Waals surface area contributed by atoms with Gasteiger partial charge in [0.05, 0.1) is 17.4 Å². The van der Waals surface area contributed by atoms with E-state index in [0.717, 1.165) is 12.1 Å². The highest BCUT2D eigenvalue weighted by Crippen LogP contribution is 2.07. The van der Waals surface area contributed by atoms with Gasteiger partial charge < -0.3 is 10.6 Å². The van der Waals surface area contributed by atoms with E-state index in [0.29, 0.717) is 12.1 Å². The molecule has 1 aromatic carbocycles. The van der Waals surface area contributed by atoms with E-state index in [1.54, 1.807) is 17.8 Å². The third kappa shape index (κ3) is 3.94. The van der Waals surface area contributed by atoms with Crippen LogP contribution in [0.1, 0.15) is 30.6 Å². The predicted molar refractivity (Wildman–Crippen MR) is 83.8 cm³/mol. The van der Waals surface area contributed by atoms with Crippen LogP contribution in [-0.2, 0) is 4.79 Å². The van der Waals surface area contributed by atoms with Crippen LogP contribution in [0.2, 0.25) is 0 Å². The number of aromatic nitrogens is 2. The van der Waals surface area contributed by atoms with E-state index in [9.17, 15) is 9.59 Å². The molecule has 0 radical (unpaired) electrons. The summed E-state index contributed by atoms with van der Waals surface area (Å²) in [6.45, 7) is 4.23. The zero-order valence-electron chi connectivity index (χ0n) is 12.7. The van der Waals surface area contributed by atoms with Crippen molar-refractivity contribution in [2.75, 3.05) is 6.54 Å². The number of amides is 2. The first kappa shape index (κ1) is 15.8. The lowest BCUT2D eigenvalue weighted by Gasteiger charge is -2.12. The average Bonchev–Trinajstić information content (AvgIpc) is 3.03. The van der Waals surface area contributed by atoms with Gasteiger partial charge in [0.15, 0.2) is 0 Å². The van der Waals surface area contributed by atoms with Crippen molar-refractivity contribution in [2.24, 2.45) is 0 Å². The molecule has 6 heteroatoms. The van der Waals surface area contributed by atoms with Crippen LogP contribution in [0.15, 0.2) is 42.7 Å². The molecule has 0 saturated carbocycles. The molecular weight excluding hydrogens is 280 g/mol. The summed E-state index contributed by atoms with van der Waals surface area (Å²) in [6.07, 6.45) is 3.98. The third-order valence-electron chi connectivity index (χ3n) is 3.16. The smallest absolute Gasteiger partial charge is 0.255 e. The molecule has 0 saturated heterocycles. The van der Waals surface area contributed by atoms with Gasteiger partial charge >= 0.3 is 0 Å². The van der Waals surface area contributed by atoms with Gasteiger partial charge in [-0.15, -0.1) is 0 Å². The summed E-state index contributed by atoms with van der Waals surface area (Å²) in [5.74, 6) is -0.507. The predicted octanol–water partition coefficient (Wildman–Crippen LogP) is 1.52. The number of benzene rings is 1. The number of para-hydroxylation sites is 1. The number of nitrogens with zero attached hydrogens (tertiary/aromatic N) is 2. The number of carbonyl (C=O) groups excluding carboxylic acids is 2. The summed E-state index contributed by atoms with van der Waals surface area (Å²) in [5, 5.41) is 9.58. The molecule has 1 heterocycles. The summed E-state index contributed by atoms with van der Waals surface area (Å²) in [5.41, 5.74) is 1.29. The van der Waals surface area contributed by atoms with E-state index in [4.69, 9.17) is 0 Å². The van der Waals surface area contributed by atoms with Crippen molar-refractivity contribution in [2.45, 2.75) is 26.3 Å². The van der Waals surface area contributed by atoms with Crippen LogP contribution in [-0.4, -0.2) is 34.2 Å². The molecule has 0 aliphatic carbocycles. The van der Waals surface area contributed by atoms with Gasteiger partial charge in [-0.2, -0.15) is 5.10 Å². The highest BCUT2D eigenvalue weighted by atomic mass is 16.2. The van der Waals surface area contributed by atoms with Gasteiger partial charge in [-0.1, -0.05) is 25.1 Å². The van der Waals surface area contributed by atoms with Crippen LogP contribution in [0.4, 0.5) is 0 Å². The molecule has 1 unspecified atom stereocenters. The normalized spacial score (nSPS) is 11.7. The Kier molecular flexibility index (Phi) is 5.30. The first-order valence-corrected chi connectivity index (χ1v) is 7.30. The van der Waals surface area contributed by atoms with Crippen molar-refractivity contribution in [3.8, 4) is 5.69 Å². The van der Waals surface area contributed by atoms with Crippen molar-refractivity contribution < 1.29 is 9.59 Å². The standard InChI is InChI=1S/C16H20N4O2/c1-3-9-17-15(21)12(2)19-16(22)13-10-18-20(11-13)14-7-5-4-6-8-14/h4-8,10-12H,3,9H2,1-2H3,(H,17,21)(H,19,22). The van der Waals surface area contributed by atoms with E-state index in [1.807, 2.05) is 37.3 Å². The Balaban J connectivity index is 1.99. The lowest BCUT2D eigenvalue weighted by Crippen LogP contribution is -2.44. The van der Waals surface area contributed by atoms with Crippen molar-refractivity contribution in [1.82, 2.24) is 20.4 Å². The van der Waals surface area contributed by atoms with Crippen LogP contribution in [0.5, 0.6) is 0 Å². The first-order chi connectivity index (χ1) is 10.6. The zero-order valence-corrected chi connectivity index (χ0v) is 12.7. The van der Waals surface area contributed by atoms with Crippen molar-refractivity contribution in [3.05, 3.63) is 48.3 Å². The third-order valence-corrected chi connectivity index (χ3v) is 3.16. The Bertz CT molecular complexity index is 637. The number of hydrogen-bond acceptors (Lipinski definition) is 3. The summed E-state index contributed by atoms with van der Waals surface area (Å²) < 4.78 is 1.62. The van der Waals surface area contributed by atoms with Gasteiger partial charge in [-0.25, -0.2) is 4.68 Å². The highest BCUT2D eigenvalue weighted by molar-refractivity contribution is 5.97. The molecule has 116 valence electrons. The summed E-state index contributed by atoms with van der Waals surface area (Å²) in [6, 6.07) is 8.93. The summed E-state index contributed by atoms with van der Waals surface area (Å²) in [7, 11) is 0. The number of hydrogen-bond donors (Lipinski definition) is 2. The van der Waals surface area contributed by atoms with Crippen LogP contribution in [0, 0.1) is 0 Å². The molecule has 2 amide bonds. The summed E-state index contributed by atoms with van der Waals surface area (Å²) in [4.78, 5) is 23.9. The number of rotatable bonds is 6. The molecule has 0 spiro atoms. The van der Waals surface area contributed by atoms with Gasteiger partial charge in [0, 0.05) is 12.7 Å². The summed E-state index contributed by atoms with van der Waals surface area (Å²) >= 11 is 0. The Morgan fingerprint density at radius 3 is 2.68 bits per heavy atom. The molecule has 2 aromatic rings. The fraction of sp³-hybridized carbons (Fsp3) is 0.312. The molecule has 22 heavy (non-hydrogen) atoms.